The van der Waals surface area contributed by atoms with Crippen molar-refractivity contribution >= 4 is 28.9 Å². The van der Waals surface area contributed by atoms with Gasteiger partial charge < -0.3 is 19.5 Å². The summed E-state index contributed by atoms with van der Waals surface area (Å²) < 4.78 is 11.7. The summed E-state index contributed by atoms with van der Waals surface area (Å²) in [7, 11) is 0. The summed E-state index contributed by atoms with van der Waals surface area (Å²) in [5, 5.41) is 10.1. The largest absolute Gasteiger partial charge is 0.477 e. The Kier molecular flexibility index (Phi) is 8.08. The number of carbonyl (C=O) groups excluding carboxylic acids is 1. The lowest BCUT2D eigenvalue weighted by Crippen LogP contribution is -2.48. The monoisotopic (exact) mass is 503 g/mol. The number of carbonyl (C=O) groups is 2. The molecule has 4 rings (SSSR count). The molecule has 2 heterocycles. The first-order chi connectivity index (χ1) is 16.5. The average Bonchev–Trinajstić information content (AvgIpc) is 3.45. The van der Waals surface area contributed by atoms with E-state index >= 15 is 0 Å². The third-order valence-electron chi connectivity index (χ3n) is 7.79. The Balaban J connectivity index is 1.63. The van der Waals surface area contributed by atoms with E-state index in [1.807, 2.05) is 11.0 Å². The van der Waals surface area contributed by atoms with Gasteiger partial charge in [-0.3, -0.25) is 4.79 Å². The highest BCUT2D eigenvalue weighted by Gasteiger charge is 2.39. The predicted octanol–water partition coefficient (Wildman–Crippen LogP) is 6.19. The Bertz CT molecular complexity index is 947. The van der Waals surface area contributed by atoms with Gasteiger partial charge in [0.1, 0.15) is 4.88 Å². The molecule has 194 valence electrons. The van der Waals surface area contributed by atoms with Gasteiger partial charge in [0.05, 0.1) is 24.5 Å². The highest BCUT2D eigenvalue weighted by atomic mass is 32.1. The van der Waals surface area contributed by atoms with Crippen LogP contribution in [-0.4, -0.2) is 48.4 Å². The molecular weight excluding hydrogens is 462 g/mol. The van der Waals surface area contributed by atoms with Crippen molar-refractivity contribution in [1.82, 2.24) is 0 Å². The number of anilines is 1. The molecule has 1 aromatic heterocycles. The topological polar surface area (TPSA) is 76.1 Å². The number of hydrogen-bond acceptors (Lipinski definition) is 5. The van der Waals surface area contributed by atoms with Crippen LogP contribution in [0.2, 0.25) is 0 Å². The molecular formula is C28H41NO5S. The van der Waals surface area contributed by atoms with Crippen LogP contribution in [0.5, 0.6) is 0 Å². The number of carboxylic acids is 1. The maximum absolute atomic E-state index is 14.2. The lowest BCUT2D eigenvalue weighted by atomic mass is 9.79. The van der Waals surface area contributed by atoms with Gasteiger partial charge in [-0.25, -0.2) is 4.79 Å². The molecule has 0 bridgehead atoms. The summed E-state index contributed by atoms with van der Waals surface area (Å²) >= 11 is 1.31. The number of ether oxygens (including phenoxy) is 2. The Morgan fingerprint density at radius 3 is 2.43 bits per heavy atom. The van der Waals surface area contributed by atoms with Crippen molar-refractivity contribution in [3.05, 3.63) is 27.5 Å². The van der Waals surface area contributed by atoms with Crippen molar-refractivity contribution in [2.45, 2.75) is 103 Å². The van der Waals surface area contributed by atoms with Crippen molar-refractivity contribution < 1.29 is 24.2 Å². The van der Waals surface area contributed by atoms with E-state index in [1.54, 1.807) is 0 Å². The number of thiophene rings is 1. The molecule has 2 fully saturated rings. The van der Waals surface area contributed by atoms with Crippen LogP contribution in [-0.2, 0) is 19.7 Å². The lowest BCUT2D eigenvalue weighted by molar-refractivity contribution is -0.124. The van der Waals surface area contributed by atoms with Crippen LogP contribution in [0.3, 0.4) is 0 Å². The van der Waals surface area contributed by atoms with Crippen LogP contribution in [0.15, 0.2) is 17.7 Å². The summed E-state index contributed by atoms with van der Waals surface area (Å²) in [6.45, 7) is 12.0. The lowest BCUT2D eigenvalue weighted by Gasteiger charge is -2.40. The van der Waals surface area contributed by atoms with Crippen LogP contribution in [0, 0.1) is 11.8 Å². The Labute approximate surface area is 213 Å². The highest BCUT2D eigenvalue weighted by Crippen LogP contribution is 2.42. The molecule has 3 aliphatic rings. The van der Waals surface area contributed by atoms with Gasteiger partial charge in [0.15, 0.2) is 0 Å². The smallest absolute Gasteiger partial charge is 0.348 e. The standard InChI is InChI=1S/C28H41NO5S/c1-17-6-11-22(18(2)14-17)26(30)29(23-15-24(28(3,4)5)35-25(23)27(31)32)19-7-9-20(10-8-19)34-21-12-13-33-16-21/h6,15,18-22H,7-14,16H2,1-5H3,(H,31,32)/t18-,19-,20-,21-,22+/m1/s1. The summed E-state index contributed by atoms with van der Waals surface area (Å²) in [5.74, 6) is -0.756. The Hall–Kier alpha value is -1.70. The normalized spacial score (nSPS) is 29.6. The van der Waals surface area contributed by atoms with Gasteiger partial charge in [-0.2, -0.15) is 0 Å². The third-order valence-corrected chi connectivity index (χ3v) is 9.33. The molecule has 7 heteroatoms. The molecule has 0 spiro atoms. The van der Waals surface area contributed by atoms with E-state index in [0.717, 1.165) is 56.4 Å². The van der Waals surface area contributed by atoms with E-state index in [0.29, 0.717) is 12.3 Å². The Morgan fingerprint density at radius 2 is 1.86 bits per heavy atom. The number of allylic oxidation sites excluding steroid dienone is 2. The van der Waals surface area contributed by atoms with Gasteiger partial charge in [-0.05, 0) is 69.3 Å². The number of carboxylic acid groups (broad SMARTS) is 1. The first-order valence-electron chi connectivity index (χ1n) is 13.1. The number of nitrogens with zero attached hydrogens (tertiary/aromatic N) is 1. The van der Waals surface area contributed by atoms with Crippen LogP contribution in [0.25, 0.3) is 0 Å². The second-order valence-corrected chi connectivity index (χ2v) is 12.8. The Morgan fingerprint density at radius 1 is 1.14 bits per heavy atom. The summed E-state index contributed by atoms with van der Waals surface area (Å²) in [4.78, 5) is 29.7. The first-order valence-corrected chi connectivity index (χ1v) is 14.0. The van der Waals surface area contributed by atoms with Crippen LogP contribution in [0.4, 0.5) is 5.69 Å². The van der Waals surface area contributed by atoms with Crippen molar-refractivity contribution in [2.75, 3.05) is 18.1 Å². The molecule has 3 atom stereocenters. The number of aromatic carboxylic acids is 1. The maximum Gasteiger partial charge on any atom is 0.348 e. The zero-order valence-corrected chi connectivity index (χ0v) is 22.7. The fourth-order valence-electron chi connectivity index (χ4n) is 5.73. The van der Waals surface area contributed by atoms with E-state index < -0.39 is 5.97 Å². The van der Waals surface area contributed by atoms with E-state index in [4.69, 9.17) is 9.47 Å². The molecule has 0 unspecified atom stereocenters. The molecule has 1 aromatic rings. The molecule has 0 radical (unpaired) electrons. The van der Waals surface area contributed by atoms with Gasteiger partial charge in [0.25, 0.3) is 0 Å². The molecule has 1 saturated carbocycles. The number of hydrogen-bond donors (Lipinski definition) is 1. The van der Waals surface area contributed by atoms with Crippen LogP contribution < -0.4 is 4.90 Å². The molecule has 6 nitrogen and oxygen atoms in total. The molecule has 0 aromatic carbocycles. The van der Waals surface area contributed by atoms with Gasteiger partial charge in [0.2, 0.25) is 5.91 Å². The van der Waals surface area contributed by atoms with Crippen molar-refractivity contribution in [2.24, 2.45) is 11.8 Å². The maximum atomic E-state index is 14.2. The van der Waals surface area contributed by atoms with Gasteiger partial charge >= 0.3 is 5.97 Å². The SMILES string of the molecule is CC1=CC[C@H](C(=O)N(c2cc(C(C)(C)C)sc2C(=O)O)[C@H]2CC[C@H](O[C@@H]3CCOC3)CC2)[C@H](C)C1. The zero-order chi connectivity index (χ0) is 25.3. The molecule has 1 amide bonds. The fourth-order valence-corrected chi connectivity index (χ4v) is 6.77. The van der Waals surface area contributed by atoms with Gasteiger partial charge in [-0.15, -0.1) is 11.3 Å². The predicted molar refractivity (Wildman–Crippen MR) is 139 cm³/mol. The van der Waals surface area contributed by atoms with Crippen molar-refractivity contribution in [1.29, 1.82) is 0 Å². The van der Waals surface area contributed by atoms with E-state index in [1.165, 1.54) is 16.9 Å². The minimum atomic E-state index is -0.955. The van der Waals surface area contributed by atoms with E-state index in [9.17, 15) is 14.7 Å². The molecule has 2 aliphatic carbocycles. The second kappa shape index (κ2) is 10.7. The first kappa shape index (κ1) is 26.4. The summed E-state index contributed by atoms with van der Waals surface area (Å²) in [5.41, 5.74) is 1.73. The van der Waals surface area contributed by atoms with E-state index in [-0.39, 0.29) is 46.3 Å². The highest BCUT2D eigenvalue weighted by molar-refractivity contribution is 7.14. The number of amides is 1. The summed E-state index contributed by atoms with van der Waals surface area (Å²) in [6.07, 6.45) is 8.52. The molecule has 1 N–H and O–H groups in total. The summed E-state index contributed by atoms with van der Waals surface area (Å²) in [6, 6.07) is 1.96. The van der Waals surface area contributed by atoms with Crippen molar-refractivity contribution in [3.8, 4) is 0 Å². The van der Waals surface area contributed by atoms with Gasteiger partial charge in [-0.1, -0.05) is 39.3 Å². The third kappa shape index (κ3) is 6.00. The van der Waals surface area contributed by atoms with E-state index in [2.05, 4.69) is 40.7 Å². The minimum Gasteiger partial charge on any atom is -0.477 e. The molecule has 1 aliphatic heterocycles. The fraction of sp³-hybridized carbons (Fsp3) is 0.714. The zero-order valence-electron chi connectivity index (χ0n) is 21.8. The van der Waals surface area contributed by atoms with Gasteiger partial charge in [0, 0.05) is 23.4 Å². The average molecular weight is 504 g/mol. The van der Waals surface area contributed by atoms with Crippen molar-refractivity contribution in [3.63, 3.8) is 0 Å². The second-order valence-electron chi connectivity index (χ2n) is 11.7. The number of rotatable bonds is 6. The quantitative estimate of drug-likeness (QED) is 0.469. The van der Waals surface area contributed by atoms with Crippen LogP contribution in [0.1, 0.15) is 94.1 Å². The van der Waals surface area contributed by atoms with Crippen LogP contribution >= 0.6 is 11.3 Å². The molecule has 35 heavy (non-hydrogen) atoms. The minimum absolute atomic E-state index is 0.0121. The molecule has 1 saturated heterocycles.